The third kappa shape index (κ3) is 6.33. The predicted octanol–water partition coefficient (Wildman–Crippen LogP) is 2.38. The minimum atomic E-state index is 0. The average molecular weight is 451 g/mol. The summed E-state index contributed by atoms with van der Waals surface area (Å²) in [6, 6.07) is 0. The first-order valence-electron chi connectivity index (χ1n) is 9.44. The second kappa shape index (κ2) is 10.8. The van der Waals surface area contributed by atoms with Gasteiger partial charge in [-0.15, -0.1) is 24.0 Å². The van der Waals surface area contributed by atoms with Gasteiger partial charge in [0.05, 0.1) is 0 Å². The van der Waals surface area contributed by atoms with Crippen LogP contribution in [0, 0.1) is 5.92 Å². The SMILES string of the molecule is CN=C(NCC(C)C)NCC1(N2CCCCC2)CCN(C)CC1.I. The van der Waals surface area contributed by atoms with Crippen LogP contribution in [0.25, 0.3) is 0 Å². The third-order valence-electron chi connectivity index (χ3n) is 5.43. The molecule has 0 spiro atoms. The summed E-state index contributed by atoms with van der Waals surface area (Å²) >= 11 is 0. The number of halogens is 1. The van der Waals surface area contributed by atoms with E-state index >= 15 is 0 Å². The molecule has 0 amide bonds. The fourth-order valence-electron chi connectivity index (χ4n) is 3.78. The van der Waals surface area contributed by atoms with Crippen LogP contribution in [-0.2, 0) is 0 Å². The normalized spacial score (nSPS) is 23.0. The van der Waals surface area contributed by atoms with E-state index in [1.807, 2.05) is 7.05 Å². The lowest BCUT2D eigenvalue weighted by Gasteiger charge is -2.50. The van der Waals surface area contributed by atoms with Crippen molar-refractivity contribution in [1.82, 2.24) is 20.4 Å². The summed E-state index contributed by atoms with van der Waals surface area (Å²) in [6.07, 6.45) is 6.64. The van der Waals surface area contributed by atoms with Crippen molar-refractivity contribution in [2.75, 3.05) is 53.4 Å². The Bertz CT molecular complexity index is 372. The molecule has 0 atom stereocenters. The van der Waals surface area contributed by atoms with E-state index in [0.29, 0.717) is 11.5 Å². The summed E-state index contributed by atoms with van der Waals surface area (Å²) in [5.41, 5.74) is 0.308. The summed E-state index contributed by atoms with van der Waals surface area (Å²) in [5.74, 6) is 1.59. The topological polar surface area (TPSA) is 42.9 Å². The molecule has 142 valence electrons. The van der Waals surface area contributed by atoms with Gasteiger partial charge < -0.3 is 15.5 Å². The number of nitrogens with zero attached hydrogens (tertiary/aromatic N) is 3. The van der Waals surface area contributed by atoms with E-state index in [0.717, 1.165) is 19.0 Å². The lowest BCUT2D eigenvalue weighted by molar-refractivity contribution is 0.0173. The van der Waals surface area contributed by atoms with Crippen LogP contribution in [0.15, 0.2) is 4.99 Å². The summed E-state index contributed by atoms with van der Waals surface area (Å²) in [6.45, 7) is 11.4. The lowest BCUT2D eigenvalue weighted by atomic mass is 9.84. The van der Waals surface area contributed by atoms with Crippen molar-refractivity contribution in [3.05, 3.63) is 0 Å². The molecule has 0 bridgehead atoms. The maximum absolute atomic E-state index is 4.40. The van der Waals surface area contributed by atoms with Gasteiger partial charge in [-0.3, -0.25) is 9.89 Å². The van der Waals surface area contributed by atoms with Crippen LogP contribution < -0.4 is 10.6 Å². The fourth-order valence-corrected chi connectivity index (χ4v) is 3.78. The van der Waals surface area contributed by atoms with Crippen LogP contribution >= 0.6 is 24.0 Å². The van der Waals surface area contributed by atoms with Crippen LogP contribution in [0.1, 0.15) is 46.0 Å². The van der Waals surface area contributed by atoms with E-state index in [2.05, 4.69) is 46.3 Å². The molecule has 0 aliphatic carbocycles. The first kappa shape index (κ1) is 22.0. The number of hydrogen-bond donors (Lipinski definition) is 2. The van der Waals surface area contributed by atoms with Crippen molar-refractivity contribution in [3.63, 3.8) is 0 Å². The van der Waals surface area contributed by atoms with E-state index in [-0.39, 0.29) is 24.0 Å². The zero-order chi connectivity index (χ0) is 16.7. The van der Waals surface area contributed by atoms with E-state index in [1.165, 1.54) is 58.3 Å². The monoisotopic (exact) mass is 451 g/mol. The van der Waals surface area contributed by atoms with Gasteiger partial charge in [0.15, 0.2) is 5.96 Å². The first-order chi connectivity index (χ1) is 11.1. The largest absolute Gasteiger partial charge is 0.356 e. The zero-order valence-corrected chi connectivity index (χ0v) is 18.4. The Kier molecular flexibility index (Phi) is 9.89. The van der Waals surface area contributed by atoms with Gasteiger partial charge in [0.1, 0.15) is 0 Å². The number of likely N-dealkylation sites (tertiary alicyclic amines) is 2. The van der Waals surface area contributed by atoms with Crippen LogP contribution in [0.5, 0.6) is 0 Å². The molecule has 0 aromatic heterocycles. The number of guanidine groups is 1. The highest BCUT2D eigenvalue weighted by atomic mass is 127. The van der Waals surface area contributed by atoms with E-state index in [1.54, 1.807) is 0 Å². The molecule has 5 nitrogen and oxygen atoms in total. The fraction of sp³-hybridized carbons (Fsp3) is 0.944. The van der Waals surface area contributed by atoms with Gasteiger partial charge in [-0.2, -0.15) is 0 Å². The summed E-state index contributed by atoms with van der Waals surface area (Å²) in [5, 5.41) is 7.07. The van der Waals surface area contributed by atoms with Gasteiger partial charge in [-0.1, -0.05) is 20.3 Å². The third-order valence-corrected chi connectivity index (χ3v) is 5.43. The van der Waals surface area contributed by atoms with Gasteiger partial charge in [-0.05, 0) is 64.8 Å². The second-order valence-corrected chi connectivity index (χ2v) is 7.78. The van der Waals surface area contributed by atoms with Crippen molar-refractivity contribution in [1.29, 1.82) is 0 Å². The summed E-state index contributed by atoms with van der Waals surface area (Å²) < 4.78 is 0. The number of nitrogens with one attached hydrogen (secondary N) is 2. The Morgan fingerprint density at radius 1 is 1.04 bits per heavy atom. The maximum atomic E-state index is 4.40. The zero-order valence-electron chi connectivity index (χ0n) is 16.1. The summed E-state index contributed by atoms with van der Waals surface area (Å²) in [7, 11) is 4.12. The highest BCUT2D eigenvalue weighted by Gasteiger charge is 2.39. The van der Waals surface area contributed by atoms with Crippen LogP contribution in [0.4, 0.5) is 0 Å². The Labute approximate surface area is 166 Å². The Morgan fingerprint density at radius 3 is 2.21 bits per heavy atom. The Morgan fingerprint density at radius 2 is 1.67 bits per heavy atom. The molecule has 0 saturated carbocycles. The quantitative estimate of drug-likeness (QED) is 0.383. The molecular formula is C18H38IN5. The minimum absolute atomic E-state index is 0. The van der Waals surface area contributed by atoms with E-state index in [9.17, 15) is 0 Å². The van der Waals surface area contributed by atoms with E-state index < -0.39 is 0 Å². The Hall–Kier alpha value is -0.0800. The van der Waals surface area contributed by atoms with Gasteiger partial charge in [0.2, 0.25) is 0 Å². The molecule has 0 radical (unpaired) electrons. The van der Waals surface area contributed by atoms with E-state index in [4.69, 9.17) is 0 Å². The van der Waals surface area contributed by atoms with Crippen molar-refractivity contribution in [2.45, 2.75) is 51.5 Å². The standard InChI is InChI=1S/C18H37N5.HI/c1-16(2)14-20-17(19-3)21-15-18(8-12-22(4)13-9-18)23-10-6-5-7-11-23;/h16H,5-15H2,1-4H3,(H2,19,20,21);1H. The summed E-state index contributed by atoms with van der Waals surface area (Å²) in [4.78, 5) is 9.64. The predicted molar refractivity (Wildman–Crippen MR) is 115 cm³/mol. The highest BCUT2D eigenvalue weighted by molar-refractivity contribution is 14.0. The molecule has 24 heavy (non-hydrogen) atoms. The van der Waals surface area contributed by atoms with Crippen LogP contribution in [-0.4, -0.2) is 74.7 Å². The smallest absolute Gasteiger partial charge is 0.191 e. The van der Waals surface area contributed by atoms with Gasteiger partial charge >= 0.3 is 0 Å². The molecule has 0 aromatic carbocycles. The average Bonchev–Trinajstić information content (AvgIpc) is 2.57. The van der Waals surface area contributed by atoms with Crippen LogP contribution in [0.3, 0.4) is 0 Å². The van der Waals surface area contributed by atoms with Gasteiger partial charge in [-0.25, -0.2) is 0 Å². The maximum Gasteiger partial charge on any atom is 0.191 e. The van der Waals surface area contributed by atoms with Crippen LogP contribution in [0.2, 0.25) is 0 Å². The van der Waals surface area contributed by atoms with Gasteiger partial charge in [0, 0.05) is 25.7 Å². The van der Waals surface area contributed by atoms with Gasteiger partial charge in [0.25, 0.3) is 0 Å². The first-order valence-corrected chi connectivity index (χ1v) is 9.44. The molecule has 2 fully saturated rings. The molecule has 6 heteroatoms. The molecular weight excluding hydrogens is 413 g/mol. The number of rotatable bonds is 5. The van der Waals surface area contributed by atoms with Crippen molar-refractivity contribution < 1.29 is 0 Å². The van der Waals surface area contributed by atoms with Crippen molar-refractivity contribution >= 4 is 29.9 Å². The van der Waals surface area contributed by atoms with Crippen molar-refractivity contribution in [2.24, 2.45) is 10.9 Å². The number of aliphatic imine (C=N–C) groups is 1. The molecule has 2 N–H and O–H groups in total. The number of hydrogen-bond acceptors (Lipinski definition) is 3. The molecule has 2 aliphatic heterocycles. The van der Waals surface area contributed by atoms with Crippen molar-refractivity contribution in [3.8, 4) is 0 Å². The molecule has 2 saturated heterocycles. The number of piperidine rings is 2. The highest BCUT2D eigenvalue weighted by Crippen LogP contribution is 2.30. The Balaban J connectivity index is 0.00000288. The molecule has 0 aromatic rings. The molecule has 0 unspecified atom stereocenters. The minimum Gasteiger partial charge on any atom is -0.356 e. The second-order valence-electron chi connectivity index (χ2n) is 7.78. The lowest BCUT2D eigenvalue weighted by Crippen LogP contribution is -2.62. The molecule has 2 rings (SSSR count). The molecule has 2 heterocycles. The molecule has 2 aliphatic rings.